The SMILES string of the molecule is CN(CCC1CCCCO1)C(=O)NC1CCCC1. The Hall–Kier alpha value is -0.770. The van der Waals surface area contributed by atoms with Crippen molar-refractivity contribution in [2.45, 2.75) is 63.5 Å². The average molecular weight is 254 g/mol. The molecule has 18 heavy (non-hydrogen) atoms. The minimum absolute atomic E-state index is 0.0812. The summed E-state index contributed by atoms with van der Waals surface area (Å²) in [7, 11) is 1.88. The van der Waals surface area contributed by atoms with E-state index < -0.39 is 0 Å². The molecule has 0 bridgehead atoms. The van der Waals surface area contributed by atoms with Crippen LogP contribution in [0.25, 0.3) is 0 Å². The third-order valence-electron chi connectivity index (χ3n) is 4.09. The molecule has 1 heterocycles. The predicted octanol–water partition coefficient (Wildman–Crippen LogP) is 2.53. The van der Waals surface area contributed by atoms with Gasteiger partial charge >= 0.3 is 6.03 Å². The Bertz CT molecular complexity index is 259. The fourth-order valence-corrected chi connectivity index (χ4v) is 2.83. The highest BCUT2D eigenvalue weighted by atomic mass is 16.5. The van der Waals surface area contributed by atoms with E-state index in [1.165, 1.54) is 25.7 Å². The molecule has 0 aromatic heterocycles. The van der Waals surface area contributed by atoms with Gasteiger partial charge < -0.3 is 15.0 Å². The van der Waals surface area contributed by atoms with Gasteiger partial charge in [-0.05, 0) is 38.5 Å². The largest absolute Gasteiger partial charge is 0.378 e. The molecule has 1 aliphatic carbocycles. The van der Waals surface area contributed by atoms with Crippen LogP contribution in [0.15, 0.2) is 0 Å². The van der Waals surface area contributed by atoms with Crippen LogP contribution in [0.3, 0.4) is 0 Å². The summed E-state index contributed by atoms with van der Waals surface area (Å²) in [6.07, 6.45) is 9.73. The number of rotatable bonds is 4. The van der Waals surface area contributed by atoms with E-state index in [2.05, 4.69) is 5.32 Å². The van der Waals surface area contributed by atoms with E-state index in [9.17, 15) is 4.79 Å². The second-order valence-electron chi connectivity index (χ2n) is 5.63. The van der Waals surface area contributed by atoms with Crippen LogP contribution in [-0.4, -0.2) is 43.3 Å². The van der Waals surface area contributed by atoms with Gasteiger partial charge in [-0.1, -0.05) is 12.8 Å². The number of carbonyl (C=O) groups excluding carboxylic acids is 1. The first-order chi connectivity index (χ1) is 8.75. The lowest BCUT2D eigenvalue weighted by atomic mass is 10.1. The molecule has 0 spiro atoms. The van der Waals surface area contributed by atoms with Crippen molar-refractivity contribution in [1.29, 1.82) is 0 Å². The van der Waals surface area contributed by atoms with E-state index in [-0.39, 0.29) is 6.03 Å². The molecule has 4 heteroatoms. The van der Waals surface area contributed by atoms with Crippen molar-refractivity contribution in [2.24, 2.45) is 0 Å². The molecule has 2 rings (SSSR count). The second kappa shape index (κ2) is 6.98. The highest BCUT2D eigenvalue weighted by Crippen LogP contribution is 2.18. The number of carbonyl (C=O) groups is 1. The van der Waals surface area contributed by atoms with E-state index >= 15 is 0 Å². The van der Waals surface area contributed by atoms with Crippen LogP contribution in [0, 0.1) is 0 Å². The van der Waals surface area contributed by atoms with Crippen molar-refractivity contribution < 1.29 is 9.53 Å². The van der Waals surface area contributed by atoms with Gasteiger partial charge in [-0.2, -0.15) is 0 Å². The van der Waals surface area contributed by atoms with Gasteiger partial charge in [0, 0.05) is 26.2 Å². The second-order valence-corrected chi connectivity index (χ2v) is 5.63. The third-order valence-corrected chi connectivity index (χ3v) is 4.09. The molecular weight excluding hydrogens is 228 g/mol. The predicted molar refractivity (Wildman–Crippen MR) is 71.6 cm³/mol. The maximum Gasteiger partial charge on any atom is 0.317 e. The van der Waals surface area contributed by atoms with Crippen molar-refractivity contribution in [3.05, 3.63) is 0 Å². The van der Waals surface area contributed by atoms with Crippen LogP contribution < -0.4 is 5.32 Å². The van der Waals surface area contributed by atoms with Gasteiger partial charge in [0.2, 0.25) is 0 Å². The van der Waals surface area contributed by atoms with Crippen molar-refractivity contribution in [3.8, 4) is 0 Å². The molecule has 0 aromatic rings. The molecule has 2 amide bonds. The minimum Gasteiger partial charge on any atom is -0.378 e. The monoisotopic (exact) mass is 254 g/mol. The van der Waals surface area contributed by atoms with E-state index in [0.717, 1.165) is 38.8 Å². The lowest BCUT2D eigenvalue weighted by Crippen LogP contribution is -2.43. The smallest absolute Gasteiger partial charge is 0.317 e. The standard InChI is InChI=1S/C14H26N2O2/c1-16(10-9-13-8-4-5-11-18-13)14(17)15-12-6-2-3-7-12/h12-13H,2-11H2,1H3,(H,15,17). The van der Waals surface area contributed by atoms with Crippen molar-refractivity contribution in [3.63, 3.8) is 0 Å². The molecule has 1 unspecified atom stereocenters. The van der Waals surface area contributed by atoms with Crippen LogP contribution in [0.4, 0.5) is 4.79 Å². The number of hydrogen-bond acceptors (Lipinski definition) is 2. The Balaban J connectivity index is 1.63. The van der Waals surface area contributed by atoms with Gasteiger partial charge in [0.15, 0.2) is 0 Å². The van der Waals surface area contributed by atoms with Gasteiger partial charge in [-0.15, -0.1) is 0 Å². The number of ether oxygens (including phenoxy) is 1. The zero-order chi connectivity index (χ0) is 12.8. The number of nitrogens with zero attached hydrogens (tertiary/aromatic N) is 1. The van der Waals surface area contributed by atoms with Crippen LogP contribution in [0.1, 0.15) is 51.4 Å². The zero-order valence-corrected chi connectivity index (χ0v) is 11.5. The number of amides is 2. The highest BCUT2D eigenvalue weighted by molar-refractivity contribution is 5.74. The molecular formula is C14H26N2O2. The molecule has 1 saturated carbocycles. The lowest BCUT2D eigenvalue weighted by Gasteiger charge is -2.26. The molecule has 0 aromatic carbocycles. The summed E-state index contributed by atoms with van der Waals surface area (Å²) in [5.41, 5.74) is 0. The van der Waals surface area contributed by atoms with Crippen LogP contribution in [0.5, 0.6) is 0 Å². The number of nitrogens with one attached hydrogen (secondary N) is 1. The van der Waals surface area contributed by atoms with E-state index in [0.29, 0.717) is 12.1 Å². The molecule has 1 aliphatic heterocycles. The van der Waals surface area contributed by atoms with Gasteiger partial charge in [-0.3, -0.25) is 0 Å². The quantitative estimate of drug-likeness (QED) is 0.837. The van der Waals surface area contributed by atoms with Gasteiger partial charge in [0.25, 0.3) is 0 Å². The molecule has 1 saturated heterocycles. The molecule has 2 fully saturated rings. The van der Waals surface area contributed by atoms with Crippen LogP contribution >= 0.6 is 0 Å². The third kappa shape index (κ3) is 4.16. The van der Waals surface area contributed by atoms with Crippen LogP contribution in [0.2, 0.25) is 0 Å². The first kappa shape index (κ1) is 13.7. The summed E-state index contributed by atoms with van der Waals surface area (Å²) < 4.78 is 5.68. The highest BCUT2D eigenvalue weighted by Gasteiger charge is 2.20. The fraction of sp³-hybridized carbons (Fsp3) is 0.929. The van der Waals surface area contributed by atoms with Crippen LogP contribution in [-0.2, 0) is 4.74 Å². The average Bonchev–Trinajstić information content (AvgIpc) is 2.90. The molecule has 1 N–H and O–H groups in total. The normalized spacial score (nSPS) is 25.1. The van der Waals surface area contributed by atoms with Gasteiger partial charge in [0.05, 0.1) is 6.10 Å². The molecule has 1 atom stereocenters. The molecule has 104 valence electrons. The van der Waals surface area contributed by atoms with E-state index in [4.69, 9.17) is 4.74 Å². The Morgan fingerprint density at radius 2 is 1.94 bits per heavy atom. The van der Waals surface area contributed by atoms with Crippen molar-refractivity contribution in [1.82, 2.24) is 10.2 Å². The summed E-state index contributed by atoms with van der Waals surface area (Å²) in [4.78, 5) is 13.7. The van der Waals surface area contributed by atoms with E-state index in [1.54, 1.807) is 4.90 Å². The Morgan fingerprint density at radius 3 is 2.61 bits per heavy atom. The summed E-state index contributed by atoms with van der Waals surface area (Å²) in [6, 6.07) is 0.489. The maximum absolute atomic E-state index is 11.9. The molecule has 0 radical (unpaired) electrons. The Labute approximate surface area is 110 Å². The fourth-order valence-electron chi connectivity index (χ4n) is 2.83. The summed E-state index contributed by atoms with van der Waals surface area (Å²) >= 11 is 0. The first-order valence-corrected chi connectivity index (χ1v) is 7.39. The Morgan fingerprint density at radius 1 is 1.22 bits per heavy atom. The first-order valence-electron chi connectivity index (χ1n) is 7.39. The minimum atomic E-state index is 0.0812. The van der Waals surface area contributed by atoms with Gasteiger partial charge in [0.1, 0.15) is 0 Å². The Kier molecular flexibility index (Phi) is 5.29. The van der Waals surface area contributed by atoms with Gasteiger partial charge in [-0.25, -0.2) is 4.79 Å². The number of urea groups is 1. The molecule has 4 nitrogen and oxygen atoms in total. The molecule has 2 aliphatic rings. The topological polar surface area (TPSA) is 41.6 Å². The zero-order valence-electron chi connectivity index (χ0n) is 11.5. The lowest BCUT2D eigenvalue weighted by molar-refractivity contribution is 0.00824. The van der Waals surface area contributed by atoms with Crippen molar-refractivity contribution in [2.75, 3.05) is 20.2 Å². The van der Waals surface area contributed by atoms with Crippen molar-refractivity contribution >= 4 is 6.03 Å². The van der Waals surface area contributed by atoms with E-state index in [1.807, 2.05) is 7.05 Å². The summed E-state index contributed by atoms with van der Waals surface area (Å²) in [5.74, 6) is 0. The number of hydrogen-bond donors (Lipinski definition) is 1. The summed E-state index contributed by atoms with van der Waals surface area (Å²) in [5, 5.41) is 3.11. The maximum atomic E-state index is 11.9. The summed E-state index contributed by atoms with van der Waals surface area (Å²) in [6.45, 7) is 1.69.